The Kier molecular flexibility index (Phi) is 3.72. The second kappa shape index (κ2) is 5.27. The fourth-order valence-electron chi connectivity index (χ4n) is 1.70. The Balaban J connectivity index is 2.31. The van der Waals surface area contributed by atoms with Gasteiger partial charge in [0.1, 0.15) is 5.82 Å². The summed E-state index contributed by atoms with van der Waals surface area (Å²) in [6, 6.07) is 12.5. The van der Waals surface area contributed by atoms with Gasteiger partial charge in [-0.3, -0.25) is 0 Å². The van der Waals surface area contributed by atoms with Crippen LogP contribution < -0.4 is 10.2 Å². The summed E-state index contributed by atoms with van der Waals surface area (Å²) in [6.45, 7) is 0. The quantitative estimate of drug-likeness (QED) is 0.890. The number of anilines is 3. The number of hydrogen-bond acceptors (Lipinski definition) is 2. The topological polar surface area (TPSA) is 15.3 Å². The molecule has 2 aromatic carbocycles. The van der Waals surface area contributed by atoms with Crippen LogP contribution in [0.5, 0.6) is 0 Å². The first kappa shape index (κ1) is 12.7. The van der Waals surface area contributed by atoms with Gasteiger partial charge >= 0.3 is 0 Å². The van der Waals surface area contributed by atoms with Crippen LogP contribution in [0.15, 0.2) is 42.5 Å². The Morgan fingerprint density at radius 1 is 1.11 bits per heavy atom. The highest BCUT2D eigenvalue weighted by Crippen LogP contribution is 2.28. The van der Waals surface area contributed by atoms with Crippen molar-refractivity contribution in [2.45, 2.75) is 0 Å². The molecular formula is C14H14ClFN2. The van der Waals surface area contributed by atoms with Gasteiger partial charge in [0, 0.05) is 19.8 Å². The van der Waals surface area contributed by atoms with Crippen LogP contribution >= 0.6 is 11.6 Å². The van der Waals surface area contributed by atoms with Gasteiger partial charge in [-0.2, -0.15) is 0 Å². The normalized spacial score (nSPS) is 10.2. The molecule has 0 amide bonds. The van der Waals surface area contributed by atoms with Crippen molar-refractivity contribution in [3.05, 3.63) is 53.3 Å². The third kappa shape index (κ3) is 2.74. The van der Waals surface area contributed by atoms with Crippen molar-refractivity contribution < 1.29 is 4.39 Å². The van der Waals surface area contributed by atoms with Crippen molar-refractivity contribution in [2.75, 3.05) is 24.3 Å². The van der Waals surface area contributed by atoms with Gasteiger partial charge < -0.3 is 10.2 Å². The highest BCUT2D eigenvalue weighted by Gasteiger charge is 2.05. The summed E-state index contributed by atoms with van der Waals surface area (Å²) < 4.78 is 13.1. The minimum Gasteiger partial charge on any atom is -0.376 e. The minimum absolute atomic E-state index is 0.113. The predicted molar refractivity (Wildman–Crippen MR) is 75.5 cm³/mol. The van der Waals surface area contributed by atoms with Crippen molar-refractivity contribution in [3.8, 4) is 0 Å². The number of halogens is 2. The van der Waals surface area contributed by atoms with Crippen LogP contribution in [0.2, 0.25) is 5.02 Å². The highest BCUT2D eigenvalue weighted by atomic mass is 35.5. The van der Waals surface area contributed by atoms with Crippen LogP contribution in [0.3, 0.4) is 0 Å². The number of nitrogens with zero attached hydrogens (tertiary/aromatic N) is 1. The standard InChI is InChI=1S/C14H14ClFN2/c1-18(2)14-6-4-3-5-13(14)17-10-7-8-12(16)11(15)9-10/h3-9,17H,1-2H3. The molecule has 0 atom stereocenters. The Morgan fingerprint density at radius 3 is 2.50 bits per heavy atom. The number of para-hydroxylation sites is 2. The van der Waals surface area contributed by atoms with E-state index >= 15 is 0 Å². The minimum atomic E-state index is -0.414. The molecule has 0 spiro atoms. The van der Waals surface area contributed by atoms with Crippen molar-refractivity contribution in [3.63, 3.8) is 0 Å². The second-order valence-corrected chi connectivity index (χ2v) is 4.57. The van der Waals surface area contributed by atoms with Gasteiger partial charge in [0.15, 0.2) is 0 Å². The summed E-state index contributed by atoms with van der Waals surface area (Å²) in [5.74, 6) is -0.414. The van der Waals surface area contributed by atoms with E-state index in [1.165, 1.54) is 6.07 Å². The monoisotopic (exact) mass is 264 g/mol. The van der Waals surface area contributed by atoms with Gasteiger partial charge in [0.2, 0.25) is 0 Å². The van der Waals surface area contributed by atoms with E-state index < -0.39 is 5.82 Å². The average molecular weight is 265 g/mol. The fraction of sp³-hybridized carbons (Fsp3) is 0.143. The van der Waals surface area contributed by atoms with Crippen molar-refractivity contribution >= 4 is 28.7 Å². The number of hydrogen-bond donors (Lipinski definition) is 1. The van der Waals surface area contributed by atoms with Gasteiger partial charge in [0.25, 0.3) is 0 Å². The van der Waals surface area contributed by atoms with Crippen LogP contribution in [-0.2, 0) is 0 Å². The lowest BCUT2D eigenvalue weighted by atomic mass is 10.2. The van der Waals surface area contributed by atoms with E-state index in [4.69, 9.17) is 11.6 Å². The van der Waals surface area contributed by atoms with Crippen molar-refractivity contribution in [2.24, 2.45) is 0 Å². The van der Waals surface area contributed by atoms with Gasteiger partial charge in [-0.15, -0.1) is 0 Å². The molecule has 0 unspecified atom stereocenters. The summed E-state index contributed by atoms with van der Waals surface area (Å²) in [5, 5.41) is 3.34. The maximum Gasteiger partial charge on any atom is 0.141 e. The van der Waals surface area contributed by atoms with Crippen LogP contribution in [0.1, 0.15) is 0 Å². The summed E-state index contributed by atoms with van der Waals surface area (Å²) in [5.41, 5.74) is 2.76. The van der Waals surface area contributed by atoms with Gasteiger partial charge in [-0.05, 0) is 30.3 Å². The van der Waals surface area contributed by atoms with Crippen LogP contribution in [0.4, 0.5) is 21.5 Å². The molecule has 0 saturated carbocycles. The summed E-state index contributed by atoms with van der Waals surface area (Å²) >= 11 is 5.76. The molecule has 1 N–H and O–H groups in total. The Bertz CT molecular complexity index is 555. The molecule has 94 valence electrons. The van der Waals surface area contributed by atoms with E-state index in [1.54, 1.807) is 12.1 Å². The second-order valence-electron chi connectivity index (χ2n) is 4.17. The van der Waals surface area contributed by atoms with Crippen molar-refractivity contribution in [1.82, 2.24) is 0 Å². The van der Waals surface area contributed by atoms with Gasteiger partial charge in [-0.25, -0.2) is 4.39 Å². The largest absolute Gasteiger partial charge is 0.376 e. The Labute approximate surface area is 111 Å². The maximum atomic E-state index is 13.1. The molecule has 2 rings (SSSR count). The molecule has 0 heterocycles. The number of nitrogens with one attached hydrogen (secondary N) is 1. The third-order valence-electron chi connectivity index (χ3n) is 2.58. The zero-order chi connectivity index (χ0) is 13.1. The molecule has 0 bridgehead atoms. The van der Waals surface area contributed by atoms with E-state index in [0.29, 0.717) is 0 Å². The van der Waals surface area contributed by atoms with Crippen LogP contribution in [-0.4, -0.2) is 14.1 Å². The number of benzene rings is 2. The fourth-order valence-corrected chi connectivity index (χ4v) is 1.88. The maximum absolute atomic E-state index is 13.1. The molecule has 0 saturated heterocycles. The lowest BCUT2D eigenvalue weighted by Crippen LogP contribution is -2.10. The molecule has 0 aliphatic rings. The molecule has 0 aliphatic heterocycles. The molecule has 0 aromatic heterocycles. The Hall–Kier alpha value is -1.74. The molecule has 18 heavy (non-hydrogen) atoms. The molecule has 4 heteroatoms. The zero-order valence-electron chi connectivity index (χ0n) is 10.2. The van der Waals surface area contributed by atoms with E-state index in [-0.39, 0.29) is 5.02 Å². The van der Waals surface area contributed by atoms with E-state index in [0.717, 1.165) is 17.1 Å². The molecule has 2 aromatic rings. The van der Waals surface area contributed by atoms with Gasteiger partial charge in [-0.1, -0.05) is 23.7 Å². The summed E-state index contributed by atoms with van der Waals surface area (Å²) in [7, 11) is 3.94. The van der Waals surface area contributed by atoms with E-state index in [2.05, 4.69) is 5.32 Å². The summed E-state index contributed by atoms with van der Waals surface area (Å²) in [4.78, 5) is 2.01. The molecule has 0 fully saturated rings. The average Bonchev–Trinajstić information content (AvgIpc) is 2.34. The Morgan fingerprint density at radius 2 is 1.83 bits per heavy atom. The first-order valence-corrected chi connectivity index (χ1v) is 5.94. The third-order valence-corrected chi connectivity index (χ3v) is 2.87. The smallest absolute Gasteiger partial charge is 0.141 e. The molecule has 0 aliphatic carbocycles. The lowest BCUT2D eigenvalue weighted by Gasteiger charge is -2.18. The summed E-state index contributed by atoms with van der Waals surface area (Å²) in [6.07, 6.45) is 0. The number of rotatable bonds is 3. The molecule has 0 radical (unpaired) electrons. The molecular weight excluding hydrogens is 251 g/mol. The highest BCUT2D eigenvalue weighted by molar-refractivity contribution is 6.31. The SMILES string of the molecule is CN(C)c1ccccc1Nc1ccc(F)c(Cl)c1. The lowest BCUT2D eigenvalue weighted by molar-refractivity contribution is 0.628. The van der Waals surface area contributed by atoms with E-state index in [9.17, 15) is 4.39 Å². The predicted octanol–water partition coefficient (Wildman–Crippen LogP) is 4.29. The van der Waals surface area contributed by atoms with Crippen LogP contribution in [0, 0.1) is 5.82 Å². The van der Waals surface area contributed by atoms with Crippen molar-refractivity contribution in [1.29, 1.82) is 0 Å². The zero-order valence-corrected chi connectivity index (χ0v) is 11.0. The first-order valence-electron chi connectivity index (χ1n) is 5.56. The van der Waals surface area contributed by atoms with Crippen LogP contribution in [0.25, 0.3) is 0 Å². The molecule has 2 nitrogen and oxygen atoms in total. The first-order chi connectivity index (χ1) is 8.58. The van der Waals surface area contributed by atoms with E-state index in [1.807, 2.05) is 43.3 Å². The van der Waals surface area contributed by atoms with Gasteiger partial charge in [0.05, 0.1) is 16.4 Å².